The highest BCUT2D eigenvalue weighted by molar-refractivity contribution is 5.76. The molecule has 1 aromatic heterocycles. The second-order valence-corrected chi connectivity index (χ2v) is 7.63. The van der Waals surface area contributed by atoms with Crippen molar-refractivity contribution in [1.29, 1.82) is 0 Å². The fourth-order valence-corrected chi connectivity index (χ4v) is 3.91. The van der Waals surface area contributed by atoms with Crippen LogP contribution in [-0.2, 0) is 27.4 Å². The van der Waals surface area contributed by atoms with Crippen LogP contribution in [0.5, 0.6) is 0 Å². The monoisotopic (exact) mass is 421 g/mol. The van der Waals surface area contributed by atoms with Gasteiger partial charge in [-0.25, -0.2) is 9.78 Å². The van der Waals surface area contributed by atoms with Gasteiger partial charge in [0.05, 0.1) is 18.9 Å². The SMILES string of the molecule is CCOC(=O)N1CCC(NC(=O)Cn2c(N3CCCC3)nc(COC)cc2=O)CC1. The van der Waals surface area contributed by atoms with Gasteiger partial charge in [-0.05, 0) is 32.6 Å². The first-order chi connectivity index (χ1) is 14.5. The first kappa shape index (κ1) is 22.1. The summed E-state index contributed by atoms with van der Waals surface area (Å²) in [5, 5.41) is 3.00. The molecule has 3 heterocycles. The van der Waals surface area contributed by atoms with Crippen LogP contribution in [-0.4, -0.2) is 72.4 Å². The number of carbonyl (C=O) groups is 2. The molecule has 0 spiro atoms. The summed E-state index contributed by atoms with van der Waals surface area (Å²) < 4.78 is 11.6. The van der Waals surface area contributed by atoms with Crippen LogP contribution in [0.4, 0.5) is 10.7 Å². The molecule has 2 aliphatic heterocycles. The van der Waals surface area contributed by atoms with Gasteiger partial charge in [-0.2, -0.15) is 0 Å². The number of nitrogens with zero attached hydrogens (tertiary/aromatic N) is 4. The van der Waals surface area contributed by atoms with Gasteiger partial charge in [0, 0.05) is 45.4 Å². The summed E-state index contributed by atoms with van der Waals surface area (Å²) >= 11 is 0. The van der Waals surface area contributed by atoms with Crippen LogP contribution in [0.3, 0.4) is 0 Å². The van der Waals surface area contributed by atoms with E-state index in [0.717, 1.165) is 25.9 Å². The molecule has 2 fully saturated rings. The summed E-state index contributed by atoms with van der Waals surface area (Å²) in [6, 6.07) is 1.39. The maximum Gasteiger partial charge on any atom is 0.409 e. The van der Waals surface area contributed by atoms with Gasteiger partial charge in [0.1, 0.15) is 6.54 Å². The van der Waals surface area contributed by atoms with Crippen LogP contribution >= 0.6 is 0 Å². The minimum absolute atomic E-state index is 0.0326. The van der Waals surface area contributed by atoms with Gasteiger partial charge in [0.15, 0.2) is 0 Å². The third kappa shape index (κ3) is 5.50. The quantitative estimate of drug-likeness (QED) is 0.692. The van der Waals surface area contributed by atoms with Crippen LogP contribution in [0.25, 0.3) is 0 Å². The number of anilines is 1. The average Bonchev–Trinajstić information content (AvgIpc) is 3.25. The number of piperidine rings is 1. The van der Waals surface area contributed by atoms with Gasteiger partial charge < -0.3 is 24.6 Å². The van der Waals surface area contributed by atoms with E-state index in [-0.39, 0.29) is 36.8 Å². The van der Waals surface area contributed by atoms with Crippen molar-refractivity contribution in [2.75, 3.05) is 44.8 Å². The number of nitrogens with one attached hydrogen (secondary N) is 1. The first-order valence-electron chi connectivity index (χ1n) is 10.6. The van der Waals surface area contributed by atoms with Crippen molar-refractivity contribution < 1.29 is 19.1 Å². The molecular formula is C20H31N5O5. The molecule has 0 aromatic carbocycles. The van der Waals surface area contributed by atoms with Gasteiger partial charge in [-0.15, -0.1) is 0 Å². The summed E-state index contributed by atoms with van der Waals surface area (Å²) in [6.45, 7) is 5.01. The number of hydrogen-bond donors (Lipinski definition) is 1. The van der Waals surface area contributed by atoms with Crippen molar-refractivity contribution >= 4 is 17.9 Å². The van der Waals surface area contributed by atoms with E-state index in [1.54, 1.807) is 18.9 Å². The predicted molar refractivity (Wildman–Crippen MR) is 110 cm³/mol. The van der Waals surface area contributed by atoms with Crippen LogP contribution in [0.2, 0.25) is 0 Å². The molecule has 2 saturated heterocycles. The zero-order chi connectivity index (χ0) is 21.5. The van der Waals surface area contributed by atoms with Crippen LogP contribution in [0, 0.1) is 0 Å². The Morgan fingerprint density at radius 2 is 1.90 bits per heavy atom. The highest BCUT2D eigenvalue weighted by atomic mass is 16.6. The molecular weight excluding hydrogens is 390 g/mol. The molecule has 0 atom stereocenters. The molecule has 0 unspecified atom stereocenters. The number of carbonyl (C=O) groups excluding carboxylic acids is 2. The number of methoxy groups -OCH3 is 1. The van der Waals surface area contributed by atoms with Crippen molar-refractivity contribution in [2.24, 2.45) is 0 Å². The van der Waals surface area contributed by atoms with Crippen molar-refractivity contribution in [3.05, 3.63) is 22.1 Å². The van der Waals surface area contributed by atoms with E-state index in [1.165, 1.54) is 10.6 Å². The number of hydrogen-bond acceptors (Lipinski definition) is 7. The van der Waals surface area contributed by atoms with Crippen molar-refractivity contribution in [3.8, 4) is 0 Å². The van der Waals surface area contributed by atoms with E-state index >= 15 is 0 Å². The number of ether oxygens (including phenoxy) is 2. The average molecular weight is 421 g/mol. The third-order valence-electron chi connectivity index (χ3n) is 5.41. The second-order valence-electron chi connectivity index (χ2n) is 7.63. The largest absolute Gasteiger partial charge is 0.450 e. The zero-order valence-electron chi connectivity index (χ0n) is 17.8. The maximum absolute atomic E-state index is 12.7. The minimum Gasteiger partial charge on any atom is -0.450 e. The van der Waals surface area contributed by atoms with Crippen LogP contribution in [0.1, 0.15) is 38.3 Å². The summed E-state index contributed by atoms with van der Waals surface area (Å²) in [6.07, 6.45) is 3.07. The molecule has 2 aliphatic rings. The predicted octanol–water partition coefficient (Wildman–Crippen LogP) is 0.727. The topological polar surface area (TPSA) is 106 Å². The molecule has 0 saturated carbocycles. The molecule has 0 bridgehead atoms. The molecule has 1 aromatic rings. The van der Waals surface area contributed by atoms with Gasteiger partial charge >= 0.3 is 6.09 Å². The fraction of sp³-hybridized carbons (Fsp3) is 0.700. The van der Waals surface area contributed by atoms with Gasteiger partial charge in [-0.3, -0.25) is 14.2 Å². The molecule has 0 aliphatic carbocycles. The van der Waals surface area contributed by atoms with Gasteiger partial charge in [0.25, 0.3) is 5.56 Å². The van der Waals surface area contributed by atoms with Crippen molar-refractivity contribution in [2.45, 2.75) is 51.8 Å². The lowest BCUT2D eigenvalue weighted by Gasteiger charge is -2.31. The van der Waals surface area contributed by atoms with E-state index in [9.17, 15) is 14.4 Å². The summed E-state index contributed by atoms with van der Waals surface area (Å²) in [7, 11) is 1.56. The Kier molecular flexibility index (Phi) is 7.67. The fourth-order valence-electron chi connectivity index (χ4n) is 3.91. The Morgan fingerprint density at radius 3 is 2.53 bits per heavy atom. The zero-order valence-corrected chi connectivity index (χ0v) is 17.8. The van der Waals surface area contributed by atoms with E-state index in [0.29, 0.717) is 44.2 Å². The molecule has 2 amide bonds. The molecule has 10 heteroatoms. The molecule has 0 radical (unpaired) electrons. The van der Waals surface area contributed by atoms with E-state index < -0.39 is 0 Å². The summed E-state index contributed by atoms with van der Waals surface area (Å²) in [5.74, 6) is 0.299. The maximum atomic E-state index is 12.7. The van der Waals surface area contributed by atoms with E-state index in [4.69, 9.17) is 9.47 Å². The lowest BCUT2D eigenvalue weighted by atomic mass is 10.1. The van der Waals surface area contributed by atoms with E-state index in [1.807, 2.05) is 4.90 Å². The second kappa shape index (κ2) is 10.4. The third-order valence-corrected chi connectivity index (χ3v) is 5.41. The number of aromatic nitrogens is 2. The molecule has 3 rings (SSSR count). The molecule has 166 valence electrons. The standard InChI is InChI=1S/C20H31N5O5/c1-3-30-20(28)24-10-6-15(7-11-24)21-17(26)13-25-18(27)12-16(14-29-2)22-19(25)23-8-4-5-9-23/h12,15H,3-11,13-14H2,1-2H3,(H,21,26). The molecule has 30 heavy (non-hydrogen) atoms. The minimum atomic E-state index is -0.314. The highest BCUT2D eigenvalue weighted by Gasteiger charge is 2.26. The Morgan fingerprint density at radius 1 is 1.20 bits per heavy atom. The Bertz CT molecular complexity index is 797. The smallest absolute Gasteiger partial charge is 0.409 e. The summed E-state index contributed by atoms with van der Waals surface area (Å²) in [4.78, 5) is 45.5. The Hall–Kier alpha value is -2.62. The van der Waals surface area contributed by atoms with Gasteiger partial charge in [0.2, 0.25) is 11.9 Å². The Balaban J connectivity index is 1.63. The number of rotatable bonds is 7. The number of likely N-dealkylation sites (tertiary alicyclic amines) is 1. The first-order valence-corrected chi connectivity index (χ1v) is 10.6. The van der Waals surface area contributed by atoms with Crippen LogP contribution in [0.15, 0.2) is 10.9 Å². The normalized spacial score (nSPS) is 17.3. The van der Waals surface area contributed by atoms with Crippen molar-refractivity contribution in [3.63, 3.8) is 0 Å². The molecule has 1 N–H and O–H groups in total. The van der Waals surface area contributed by atoms with E-state index in [2.05, 4.69) is 10.3 Å². The summed E-state index contributed by atoms with van der Waals surface area (Å²) in [5.41, 5.74) is 0.304. The van der Waals surface area contributed by atoms with Gasteiger partial charge in [-0.1, -0.05) is 0 Å². The molecule has 10 nitrogen and oxygen atoms in total. The van der Waals surface area contributed by atoms with Crippen molar-refractivity contribution in [1.82, 2.24) is 19.8 Å². The lowest BCUT2D eigenvalue weighted by molar-refractivity contribution is -0.122. The highest BCUT2D eigenvalue weighted by Crippen LogP contribution is 2.18. The number of amides is 2. The van der Waals surface area contributed by atoms with Crippen LogP contribution < -0.4 is 15.8 Å². The Labute approximate surface area is 176 Å². The lowest BCUT2D eigenvalue weighted by Crippen LogP contribution is -2.48.